The molecule has 3 aromatic rings. The van der Waals surface area contributed by atoms with E-state index < -0.39 is 30.6 Å². The van der Waals surface area contributed by atoms with E-state index in [1.807, 2.05) is 91.0 Å². The van der Waals surface area contributed by atoms with Crippen LogP contribution in [0.5, 0.6) is 0 Å². The molecule has 0 bridgehead atoms. The summed E-state index contributed by atoms with van der Waals surface area (Å²) in [6, 6.07) is 27.6. The van der Waals surface area contributed by atoms with Crippen molar-refractivity contribution < 1.29 is 19.4 Å². The minimum absolute atomic E-state index is 0.138. The lowest BCUT2D eigenvalue weighted by molar-refractivity contribution is -0.189. The topological polar surface area (TPSA) is 108 Å². The second kappa shape index (κ2) is 12.0. The van der Waals surface area contributed by atoms with Gasteiger partial charge >= 0.3 is 6.09 Å². The third-order valence-electron chi connectivity index (χ3n) is 6.05. The molecule has 1 fully saturated rings. The van der Waals surface area contributed by atoms with Crippen molar-refractivity contribution >= 4 is 6.09 Å². The maximum absolute atomic E-state index is 13.5. The highest BCUT2D eigenvalue weighted by atomic mass is 16.6. The summed E-state index contributed by atoms with van der Waals surface area (Å²) in [6.07, 6.45) is -1.32. The monoisotopic (exact) mass is 472 g/mol. The molecule has 8 nitrogen and oxygen atoms in total. The van der Waals surface area contributed by atoms with Gasteiger partial charge < -0.3 is 14.6 Å². The van der Waals surface area contributed by atoms with Gasteiger partial charge in [0.05, 0.1) is 18.2 Å². The molecule has 0 saturated carbocycles. The summed E-state index contributed by atoms with van der Waals surface area (Å²) < 4.78 is 11.7. The highest BCUT2D eigenvalue weighted by Gasteiger charge is 2.39. The number of aliphatic hydroxyl groups excluding tert-OH is 1. The summed E-state index contributed by atoms with van der Waals surface area (Å²) in [4.78, 5) is 18.0. The van der Waals surface area contributed by atoms with E-state index in [9.17, 15) is 9.90 Å². The van der Waals surface area contributed by atoms with Crippen LogP contribution in [0, 0.1) is 0 Å². The number of nitrogens with zero attached hydrogens (tertiary/aromatic N) is 4. The second-order valence-electron chi connectivity index (χ2n) is 8.42. The Kier molecular flexibility index (Phi) is 8.35. The lowest BCUT2D eigenvalue weighted by Crippen LogP contribution is -2.47. The summed E-state index contributed by atoms with van der Waals surface area (Å²) >= 11 is 0. The third-order valence-corrected chi connectivity index (χ3v) is 6.05. The quantitative estimate of drug-likeness (QED) is 0.256. The number of azide groups is 1. The Bertz CT molecular complexity index is 1120. The zero-order valence-corrected chi connectivity index (χ0v) is 19.3. The van der Waals surface area contributed by atoms with Gasteiger partial charge in [-0.15, -0.1) is 0 Å². The van der Waals surface area contributed by atoms with E-state index in [1.165, 1.54) is 0 Å². The predicted octanol–water partition coefficient (Wildman–Crippen LogP) is 5.74. The largest absolute Gasteiger partial charge is 0.445 e. The van der Waals surface area contributed by atoms with E-state index in [4.69, 9.17) is 15.0 Å². The van der Waals surface area contributed by atoms with E-state index >= 15 is 0 Å². The Morgan fingerprint density at radius 3 is 2.20 bits per heavy atom. The molecule has 1 saturated heterocycles. The van der Waals surface area contributed by atoms with Gasteiger partial charge in [-0.3, -0.25) is 4.90 Å². The second-order valence-corrected chi connectivity index (χ2v) is 8.42. The first-order chi connectivity index (χ1) is 17.2. The summed E-state index contributed by atoms with van der Waals surface area (Å²) in [7, 11) is 0. The molecule has 1 aliphatic rings. The van der Waals surface area contributed by atoms with Gasteiger partial charge in [-0.2, -0.15) is 0 Å². The minimum atomic E-state index is -1.25. The Balaban J connectivity index is 1.65. The fourth-order valence-corrected chi connectivity index (χ4v) is 4.33. The standard InChI is InChI=1S/C27H28N4O4/c28-30-29-23-16-17-24(35-26(23)32)25(22-14-8-3-9-15-22)31(18-20-10-4-1-5-11-20)27(33)34-19-21-12-6-2-7-13-21/h1-15,23-26,32H,16-19H2/t23?,24-,25?,26?/m0/s1. The van der Waals surface area contributed by atoms with Gasteiger partial charge in [0, 0.05) is 11.5 Å². The lowest BCUT2D eigenvalue weighted by Gasteiger charge is -2.41. The molecule has 0 aliphatic carbocycles. The molecule has 35 heavy (non-hydrogen) atoms. The lowest BCUT2D eigenvalue weighted by atomic mass is 9.92. The Morgan fingerprint density at radius 1 is 1.00 bits per heavy atom. The van der Waals surface area contributed by atoms with E-state index in [1.54, 1.807) is 4.90 Å². The van der Waals surface area contributed by atoms with Crippen molar-refractivity contribution in [1.29, 1.82) is 0 Å². The van der Waals surface area contributed by atoms with Crippen molar-refractivity contribution in [3.05, 3.63) is 118 Å². The van der Waals surface area contributed by atoms with Crippen LogP contribution in [0.4, 0.5) is 4.79 Å². The van der Waals surface area contributed by atoms with Crippen molar-refractivity contribution in [3.8, 4) is 0 Å². The van der Waals surface area contributed by atoms with Crippen LogP contribution in [0.1, 0.15) is 35.6 Å². The van der Waals surface area contributed by atoms with Crippen molar-refractivity contribution in [2.75, 3.05) is 0 Å². The zero-order chi connectivity index (χ0) is 24.5. The number of hydrogen-bond acceptors (Lipinski definition) is 5. The van der Waals surface area contributed by atoms with E-state index in [0.29, 0.717) is 19.4 Å². The molecule has 1 aliphatic heterocycles. The van der Waals surface area contributed by atoms with Gasteiger partial charge in [0.25, 0.3) is 0 Å². The van der Waals surface area contributed by atoms with Crippen LogP contribution in [0.2, 0.25) is 0 Å². The van der Waals surface area contributed by atoms with E-state index in [2.05, 4.69) is 10.0 Å². The maximum Gasteiger partial charge on any atom is 0.411 e. The van der Waals surface area contributed by atoms with Crippen molar-refractivity contribution in [1.82, 2.24) is 4.90 Å². The van der Waals surface area contributed by atoms with E-state index in [-0.39, 0.29) is 6.61 Å². The molecule has 180 valence electrons. The minimum Gasteiger partial charge on any atom is -0.445 e. The number of carbonyl (C=O) groups is 1. The molecule has 8 heteroatoms. The fourth-order valence-electron chi connectivity index (χ4n) is 4.33. The van der Waals surface area contributed by atoms with Gasteiger partial charge in [0.2, 0.25) is 0 Å². The summed E-state index contributed by atoms with van der Waals surface area (Å²) in [5.41, 5.74) is 11.5. The van der Waals surface area contributed by atoms with Crippen LogP contribution < -0.4 is 0 Å². The summed E-state index contributed by atoms with van der Waals surface area (Å²) in [5.74, 6) is 0. The average Bonchev–Trinajstić information content (AvgIpc) is 2.90. The molecule has 4 rings (SSSR count). The number of carbonyl (C=O) groups excluding carboxylic acids is 1. The molecule has 3 unspecified atom stereocenters. The number of amides is 1. The Morgan fingerprint density at radius 2 is 1.60 bits per heavy atom. The number of hydrogen-bond donors (Lipinski definition) is 1. The number of rotatable bonds is 8. The van der Waals surface area contributed by atoms with Crippen molar-refractivity contribution in [3.63, 3.8) is 0 Å². The predicted molar refractivity (Wildman–Crippen MR) is 131 cm³/mol. The van der Waals surface area contributed by atoms with Crippen LogP contribution in [0.3, 0.4) is 0 Å². The van der Waals surface area contributed by atoms with Crippen LogP contribution in [0.15, 0.2) is 96.1 Å². The first-order valence-electron chi connectivity index (χ1n) is 11.6. The maximum atomic E-state index is 13.5. The van der Waals surface area contributed by atoms with Gasteiger partial charge in [-0.25, -0.2) is 4.79 Å². The first kappa shape index (κ1) is 24.3. The fraction of sp³-hybridized carbons (Fsp3) is 0.296. The zero-order valence-electron chi connectivity index (χ0n) is 19.3. The van der Waals surface area contributed by atoms with Gasteiger partial charge in [0.15, 0.2) is 6.29 Å². The van der Waals surface area contributed by atoms with Crippen LogP contribution in [0.25, 0.3) is 10.4 Å². The van der Waals surface area contributed by atoms with Gasteiger partial charge in [-0.05, 0) is 35.1 Å². The molecule has 0 spiro atoms. The normalized spacial score (nSPS) is 20.3. The molecule has 3 aromatic carbocycles. The molecular formula is C27H28N4O4. The number of benzene rings is 3. The Hall–Kier alpha value is -3.84. The summed E-state index contributed by atoms with van der Waals surface area (Å²) in [5, 5.41) is 14.1. The van der Waals surface area contributed by atoms with Crippen LogP contribution in [-0.4, -0.2) is 34.5 Å². The molecule has 1 N–H and O–H groups in total. The van der Waals surface area contributed by atoms with Crippen molar-refractivity contribution in [2.24, 2.45) is 5.11 Å². The van der Waals surface area contributed by atoms with Crippen molar-refractivity contribution in [2.45, 2.75) is 50.5 Å². The van der Waals surface area contributed by atoms with E-state index in [0.717, 1.165) is 16.7 Å². The summed E-state index contributed by atoms with van der Waals surface area (Å²) in [6.45, 7) is 0.434. The highest BCUT2D eigenvalue weighted by Crippen LogP contribution is 2.35. The Labute approximate surface area is 204 Å². The number of aliphatic hydroxyl groups is 1. The average molecular weight is 473 g/mol. The molecule has 1 heterocycles. The molecule has 0 radical (unpaired) electrons. The highest BCUT2D eigenvalue weighted by molar-refractivity contribution is 5.68. The van der Waals surface area contributed by atoms with Gasteiger partial charge in [0.1, 0.15) is 6.61 Å². The molecule has 1 amide bonds. The molecule has 0 aromatic heterocycles. The first-order valence-corrected chi connectivity index (χ1v) is 11.6. The van der Waals surface area contributed by atoms with Crippen LogP contribution >= 0.6 is 0 Å². The third kappa shape index (κ3) is 6.39. The smallest absolute Gasteiger partial charge is 0.411 e. The molecular weight excluding hydrogens is 444 g/mol. The molecule has 4 atom stereocenters. The SMILES string of the molecule is [N-]=[N+]=NC1CC[C@@H](C(c2ccccc2)N(Cc2ccccc2)C(=O)OCc2ccccc2)OC1O. The van der Waals surface area contributed by atoms with Crippen LogP contribution in [-0.2, 0) is 22.6 Å². The number of ether oxygens (including phenoxy) is 2. The van der Waals surface area contributed by atoms with Gasteiger partial charge in [-0.1, -0.05) is 96.1 Å².